The molecule has 1 atom stereocenters. The molecule has 0 bridgehead atoms. The number of carbonyl (C=O) groups excluding carboxylic acids is 1. The zero-order valence-corrected chi connectivity index (χ0v) is 15.9. The van der Waals surface area contributed by atoms with Crippen molar-refractivity contribution >= 4 is 15.9 Å². The van der Waals surface area contributed by atoms with E-state index in [0.717, 1.165) is 32.1 Å². The fourth-order valence-corrected chi connectivity index (χ4v) is 5.57. The van der Waals surface area contributed by atoms with E-state index in [-0.39, 0.29) is 16.8 Å². The summed E-state index contributed by atoms with van der Waals surface area (Å²) in [7, 11) is -3.54. The minimum atomic E-state index is -3.54. The van der Waals surface area contributed by atoms with Gasteiger partial charge in [-0.2, -0.15) is 9.57 Å². The molecule has 6 nitrogen and oxygen atoms in total. The standard InChI is InChI=1S/C19H25N3O3S/c1-15-6-2-5-13-22(15)26(24,25)17-9-7-16(8-10-17)18(23)21-19(14-20)11-3-4-12-19/h7-10,15H,2-6,11-13H2,1H3,(H,21,23). The van der Waals surface area contributed by atoms with Gasteiger partial charge in [0.2, 0.25) is 10.0 Å². The zero-order chi connectivity index (χ0) is 18.8. The number of piperidine rings is 1. The number of nitrogens with zero attached hydrogens (tertiary/aromatic N) is 2. The molecule has 140 valence electrons. The molecule has 1 heterocycles. The lowest BCUT2D eigenvalue weighted by molar-refractivity contribution is 0.0920. The van der Waals surface area contributed by atoms with Gasteiger partial charge in [-0.05, 0) is 69.7 Å². The van der Waals surface area contributed by atoms with Gasteiger partial charge in [-0.1, -0.05) is 6.42 Å². The number of hydrogen-bond donors (Lipinski definition) is 1. The topological polar surface area (TPSA) is 90.3 Å². The smallest absolute Gasteiger partial charge is 0.252 e. The first kappa shape index (κ1) is 18.9. The summed E-state index contributed by atoms with van der Waals surface area (Å²) in [5.41, 5.74) is -0.414. The van der Waals surface area contributed by atoms with E-state index >= 15 is 0 Å². The van der Waals surface area contributed by atoms with E-state index in [1.807, 2.05) is 6.92 Å². The van der Waals surface area contributed by atoms with Crippen LogP contribution in [-0.2, 0) is 10.0 Å². The van der Waals surface area contributed by atoms with E-state index in [4.69, 9.17) is 0 Å². The summed E-state index contributed by atoms with van der Waals surface area (Å²) in [6, 6.07) is 8.24. The van der Waals surface area contributed by atoms with Crippen LogP contribution in [0.4, 0.5) is 0 Å². The number of carbonyl (C=O) groups is 1. The lowest BCUT2D eigenvalue weighted by Gasteiger charge is -2.32. The van der Waals surface area contributed by atoms with Crippen molar-refractivity contribution in [3.05, 3.63) is 29.8 Å². The van der Waals surface area contributed by atoms with Crippen LogP contribution in [0.2, 0.25) is 0 Å². The summed E-state index contributed by atoms with van der Waals surface area (Å²) in [5, 5.41) is 12.2. The van der Waals surface area contributed by atoms with Crippen molar-refractivity contribution in [1.82, 2.24) is 9.62 Å². The second-order valence-corrected chi connectivity index (χ2v) is 9.23. The third-order valence-electron chi connectivity index (χ3n) is 5.49. The van der Waals surface area contributed by atoms with Crippen LogP contribution in [0.1, 0.15) is 62.2 Å². The third kappa shape index (κ3) is 3.62. The second-order valence-electron chi connectivity index (χ2n) is 7.34. The number of rotatable bonds is 4. The maximum absolute atomic E-state index is 12.8. The number of hydrogen-bond acceptors (Lipinski definition) is 4. The van der Waals surface area contributed by atoms with Crippen molar-refractivity contribution in [3.8, 4) is 6.07 Å². The van der Waals surface area contributed by atoms with Crippen molar-refractivity contribution in [2.45, 2.75) is 68.3 Å². The van der Waals surface area contributed by atoms with Crippen LogP contribution < -0.4 is 5.32 Å². The molecule has 7 heteroatoms. The van der Waals surface area contributed by atoms with Gasteiger partial charge in [0.25, 0.3) is 5.91 Å². The summed E-state index contributed by atoms with van der Waals surface area (Å²) >= 11 is 0. The molecule has 26 heavy (non-hydrogen) atoms. The molecule has 1 aliphatic carbocycles. The molecular weight excluding hydrogens is 350 g/mol. The second kappa shape index (κ2) is 7.37. The van der Waals surface area contributed by atoms with Gasteiger partial charge in [0.05, 0.1) is 11.0 Å². The van der Waals surface area contributed by atoms with Crippen LogP contribution in [0.25, 0.3) is 0 Å². The first-order valence-corrected chi connectivity index (χ1v) is 10.7. The summed E-state index contributed by atoms with van der Waals surface area (Å²) in [6.07, 6.45) is 5.98. The quantitative estimate of drug-likeness (QED) is 0.876. The molecule has 1 saturated heterocycles. The molecule has 1 amide bonds. The van der Waals surface area contributed by atoms with Gasteiger partial charge in [-0.15, -0.1) is 0 Å². The van der Waals surface area contributed by atoms with Crippen molar-refractivity contribution in [3.63, 3.8) is 0 Å². The summed E-state index contributed by atoms with van der Waals surface area (Å²) in [6.45, 7) is 2.47. The Morgan fingerprint density at radius 1 is 1.19 bits per heavy atom. The average Bonchev–Trinajstić information content (AvgIpc) is 3.11. The Balaban J connectivity index is 1.76. The highest BCUT2D eigenvalue weighted by Crippen LogP contribution is 2.29. The van der Waals surface area contributed by atoms with Crippen LogP contribution in [0, 0.1) is 11.3 Å². The molecule has 0 aromatic heterocycles. The molecule has 1 aliphatic heterocycles. The molecule has 1 N–H and O–H groups in total. The van der Waals surface area contributed by atoms with Crippen molar-refractivity contribution in [1.29, 1.82) is 5.26 Å². The van der Waals surface area contributed by atoms with E-state index in [1.54, 1.807) is 4.31 Å². The molecule has 2 fully saturated rings. The number of nitrogens with one attached hydrogen (secondary N) is 1. The molecule has 2 aliphatic rings. The Kier molecular flexibility index (Phi) is 5.35. The Bertz CT molecular complexity index is 805. The van der Waals surface area contributed by atoms with E-state index in [0.29, 0.717) is 24.9 Å². The Morgan fingerprint density at radius 2 is 1.85 bits per heavy atom. The van der Waals surface area contributed by atoms with Crippen molar-refractivity contribution < 1.29 is 13.2 Å². The molecule has 1 aromatic rings. The molecule has 0 radical (unpaired) electrons. The van der Waals surface area contributed by atoms with Crippen molar-refractivity contribution in [2.75, 3.05) is 6.54 Å². The predicted octanol–water partition coefficient (Wildman–Crippen LogP) is 2.82. The van der Waals surface area contributed by atoms with Crippen LogP contribution >= 0.6 is 0 Å². The number of amides is 1. The fourth-order valence-electron chi connectivity index (χ4n) is 3.88. The van der Waals surface area contributed by atoms with E-state index in [1.165, 1.54) is 24.3 Å². The van der Waals surface area contributed by atoms with Gasteiger partial charge in [0, 0.05) is 18.2 Å². The van der Waals surface area contributed by atoms with Crippen LogP contribution in [-0.4, -0.2) is 36.8 Å². The van der Waals surface area contributed by atoms with E-state index < -0.39 is 15.6 Å². The minimum Gasteiger partial charge on any atom is -0.334 e. The first-order valence-electron chi connectivity index (χ1n) is 9.24. The SMILES string of the molecule is CC1CCCCN1S(=O)(=O)c1ccc(C(=O)NC2(C#N)CCCC2)cc1. The number of nitriles is 1. The highest BCUT2D eigenvalue weighted by atomic mass is 32.2. The van der Waals surface area contributed by atoms with Gasteiger partial charge >= 0.3 is 0 Å². The summed E-state index contributed by atoms with van der Waals surface area (Å²) in [5.74, 6) is -0.330. The highest BCUT2D eigenvalue weighted by Gasteiger charge is 2.36. The fraction of sp³-hybridized carbons (Fsp3) is 0.579. The van der Waals surface area contributed by atoms with Crippen molar-refractivity contribution in [2.24, 2.45) is 0 Å². The van der Waals surface area contributed by atoms with Crippen LogP contribution in [0.5, 0.6) is 0 Å². The van der Waals surface area contributed by atoms with Crippen LogP contribution in [0.3, 0.4) is 0 Å². The van der Waals surface area contributed by atoms with E-state index in [2.05, 4.69) is 11.4 Å². The normalized spacial score (nSPS) is 23.3. The van der Waals surface area contributed by atoms with Crippen LogP contribution in [0.15, 0.2) is 29.2 Å². The molecule has 1 saturated carbocycles. The maximum Gasteiger partial charge on any atom is 0.252 e. The Hall–Kier alpha value is -1.91. The molecule has 1 unspecified atom stereocenters. The lowest BCUT2D eigenvalue weighted by Crippen LogP contribution is -2.45. The number of benzene rings is 1. The molecule has 1 aromatic carbocycles. The average molecular weight is 375 g/mol. The molecule has 3 rings (SSSR count). The number of sulfonamides is 1. The summed E-state index contributed by atoms with van der Waals surface area (Å²) < 4.78 is 27.2. The maximum atomic E-state index is 12.8. The highest BCUT2D eigenvalue weighted by molar-refractivity contribution is 7.89. The summed E-state index contributed by atoms with van der Waals surface area (Å²) in [4.78, 5) is 12.7. The lowest BCUT2D eigenvalue weighted by atomic mass is 9.99. The molecule has 0 spiro atoms. The largest absolute Gasteiger partial charge is 0.334 e. The third-order valence-corrected chi connectivity index (χ3v) is 7.52. The first-order chi connectivity index (χ1) is 12.4. The monoisotopic (exact) mass is 375 g/mol. The van der Waals surface area contributed by atoms with Gasteiger partial charge in [0.1, 0.15) is 5.54 Å². The minimum absolute atomic E-state index is 0.00502. The Morgan fingerprint density at radius 3 is 2.42 bits per heavy atom. The van der Waals surface area contributed by atoms with E-state index in [9.17, 15) is 18.5 Å². The predicted molar refractivity (Wildman–Crippen MR) is 97.9 cm³/mol. The zero-order valence-electron chi connectivity index (χ0n) is 15.1. The van der Waals surface area contributed by atoms with Gasteiger partial charge < -0.3 is 5.32 Å². The van der Waals surface area contributed by atoms with Gasteiger partial charge in [0.15, 0.2) is 0 Å². The Labute approximate surface area is 155 Å². The van der Waals surface area contributed by atoms with Gasteiger partial charge in [-0.3, -0.25) is 4.79 Å². The van der Waals surface area contributed by atoms with Gasteiger partial charge in [-0.25, -0.2) is 8.42 Å². The molecular formula is C19H25N3O3S.